The summed E-state index contributed by atoms with van der Waals surface area (Å²) in [6, 6.07) is 2.07. The van der Waals surface area contributed by atoms with Crippen molar-refractivity contribution >= 4 is 0 Å². The number of rotatable bonds is 6. The molecule has 2 nitrogen and oxygen atoms in total. The average Bonchev–Trinajstić information content (AvgIpc) is 2.36. The smallest absolute Gasteiger partial charge is 0.0251 e. The summed E-state index contributed by atoms with van der Waals surface area (Å²) < 4.78 is 0. The second kappa shape index (κ2) is 7.64. The van der Waals surface area contributed by atoms with Crippen LogP contribution in [0.15, 0.2) is 0 Å². The monoisotopic (exact) mass is 268 g/mol. The first-order valence-corrected chi connectivity index (χ1v) is 8.26. The highest BCUT2D eigenvalue weighted by Crippen LogP contribution is 2.33. The van der Waals surface area contributed by atoms with E-state index in [1.807, 2.05) is 0 Å². The van der Waals surface area contributed by atoms with Crippen LogP contribution in [0.5, 0.6) is 0 Å². The Kier molecular flexibility index (Phi) is 6.82. The minimum atomic E-state index is 0.676. The molecule has 0 saturated heterocycles. The molecule has 114 valence electrons. The Morgan fingerprint density at radius 3 is 2.21 bits per heavy atom. The SMILES string of the molecule is CNC1CCC(C(C)C)CC1N(C)C(C)CC(C)C. The molecule has 0 radical (unpaired) electrons. The topological polar surface area (TPSA) is 15.3 Å². The highest BCUT2D eigenvalue weighted by molar-refractivity contribution is 4.92. The zero-order valence-corrected chi connectivity index (χ0v) is 14.2. The summed E-state index contributed by atoms with van der Waals surface area (Å²) >= 11 is 0. The Bertz CT molecular complexity index is 250. The quantitative estimate of drug-likeness (QED) is 0.789. The molecular formula is C17H36N2. The predicted octanol–water partition coefficient (Wildman–Crippen LogP) is 3.77. The fourth-order valence-electron chi connectivity index (χ4n) is 3.75. The third-order valence-electron chi connectivity index (χ3n) is 5.20. The van der Waals surface area contributed by atoms with Gasteiger partial charge in [-0.3, -0.25) is 4.90 Å². The molecule has 4 atom stereocenters. The van der Waals surface area contributed by atoms with Crippen molar-refractivity contribution in [2.24, 2.45) is 17.8 Å². The van der Waals surface area contributed by atoms with Crippen molar-refractivity contribution in [2.45, 2.75) is 78.4 Å². The van der Waals surface area contributed by atoms with Crippen molar-refractivity contribution in [1.29, 1.82) is 0 Å². The van der Waals surface area contributed by atoms with Gasteiger partial charge in [-0.25, -0.2) is 0 Å². The Morgan fingerprint density at radius 1 is 1.11 bits per heavy atom. The van der Waals surface area contributed by atoms with Gasteiger partial charge in [-0.15, -0.1) is 0 Å². The molecule has 0 aliphatic heterocycles. The van der Waals surface area contributed by atoms with Crippen LogP contribution in [0.1, 0.15) is 60.3 Å². The van der Waals surface area contributed by atoms with Crippen LogP contribution < -0.4 is 5.32 Å². The van der Waals surface area contributed by atoms with Crippen LogP contribution >= 0.6 is 0 Å². The first kappa shape index (κ1) is 17.0. The summed E-state index contributed by atoms with van der Waals surface area (Å²) in [6.45, 7) is 11.8. The van der Waals surface area contributed by atoms with Gasteiger partial charge >= 0.3 is 0 Å². The maximum absolute atomic E-state index is 3.56. The summed E-state index contributed by atoms with van der Waals surface area (Å²) in [5.74, 6) is 2.52. The van der Waals surface area contributed by atoms with Crippen molar-refractivity contribution in [3.8, 4) is 0 Å². The van der Waals surface area contributed by atoms with E-state index < -0.39 is 0 Å². The predicted molar refractivity (Wildman–Crippen MR) is 85.5 cm³/mol. The van der Waals surface area contributed by atoms with Gasteiger partial charge in [0.15, 0.2) is 0 Å². The van der Waals surface area contributed by atoms with Gasteiger partial charge in [0, 0.05) is 18.1 Å². The van der Waals surface area contributed by atoms with Crippen LogP contribution in [0.3, 0.4) is 0 Å². The molecule has 1 N–H and O–H groups in total. The highest BCUT2D eigenvalue weighted by Gasteiger charge is 2.34. The average molecular weight is 268 g/mol. The lowest BCUT2D eigenvalue weighted by atomic mass is 9.76. The highest BCUT2D eigenvalue weighted by atomic mass is 15.2. The molecule has 1 fully saturated rings. The Morgan fingerprint density at radius 2 is 1.74 bits per heavy atom. The van der Waals surface area contributed by atoms with Gasteiger partial charge in [0.25, 0.3) is 0 Å². The van der Waals surface area contributed by atoms with E-state index in [9.17, 15) is 0 Å². The standard InChI is InChI=1S/C17H36N2/c1-12(2)10-14(5)19(7)17-11-15(13(3)4)8-9-16(17)18-6/h12-18H,8-11H2,1-7H3. The van der Waals surface area contributed by atoms with Gasteiger partial charge in [0.1, 0.15) is 0 Å². The number of likely N-dealkylation sites (N-methyl/N-ethyl adjacent to an activating group) is 2. The summed E-state index contributed by atoms with van der Waals surface area (Å²) in [5.41, 5.74) is 0. The molecule has 1 aliphatic rings. The third-order valence-corrected chi connectivity index (χ3v) is 5.20. The number of hydrogen-bond acceptors (Lipinski definition) is 2. The number of nitrogens with zero attached hydrogens (tertiary/aromatic N) is 1. The molecule has 1 saturated carbocycles. The maximum Gasteiger partial charge on any atom is 0.0251 e. The molecule has 0 heterocycles. The van der Waals surface area contributed by atoms with Crippen LogP contribution in [0, 0.1) is 17.8 Å². The lowest BCUT2D eigenvalue weighted by Gasteiger charge is -2.45. The Labute approximate surface area is 121 Å². The fraction of sp³-hybridized carbons (Fsp3) is 1.00. The maximum atomic E-state index is 3.56. The van der Waals surface area contributed by atoms with E-state index in [2.05, 4.69) is 58.9 Å². The van der Waals surface area contributed by atoms with E-state index in [1.165, 1.54) is 25.7 Å². The molecule has 0 amide bonds. The van der Waals surface area contributed by atoms with Crippen molar-refractivity contribution < 1.29 is 0 Å². The van der Waals surface area contributed by atoms with Crippen molar-refractivity contribution in [1.82, 2.24) is 10.2 Å². The van der Waals surface area contributed by atoms with Crippen LogP contribution in [-0.4, -0.2) is 37.1 Å². The molecule has 0 bridgehead atoms. The third kappa shape index (κ3) is 4.75. The van der Waals surface area contributed by atoms with Crippen LogP contribution in [0.2, 0.25) is 0 Å². The molecule has 4 unspecified atom stereocenters. The van der Waals surface area contributed by atoms with Crippen molar-refractivity contribution in [3.63, 3.8) is 0 Å². The van der Waals surface area contributed by atoms with Gasteiger partial charge in [0.05, 0.1) is 0 Å². The minimum absolute atomic E-state index is 0.676. The first-order valence-electron chi connectivity index (χ1n) is 8.26. The largest absolute Gasteiger partial charge is 0.315 e. The van der Waals surface area contributed by atoms with E-state index >= 15 is 0 Å². The van der Waals surface area contributed by atoms with E-state index in [0.29, 0.717) is 18.1 Å². The summed E-state index contributed by atoms with van der Waals surface area (Å²) in [7, 11) is 4.47. The van der Waals surface area contributed by atoms with Crippen LogP contribution in [0.4, 0.5) is 0 Å². The van der Waals surface area contributed by atoms with Crippen LogP contribution in [-0.2, 0) is 0 Å². The number of hydrogen-bond donors (Lipinski definition) is 1. The normalized spacial score (nSPS) is 30.3. The Balaban J connectivity index is 2.68. The summed E-state index contributed by atoms with van der Waals surface area (Å²) in [6.07, 6.45) is 5.40. The molecular weight excluding hydrogens is 232 g/mol. The van der Waals surface area contributed by atoms with E-state index in [4.69, 9.17) is 0 Å². The van der Waals surface area contributed by atoms with E-state index in [-0.39, 0.29) is 0 Å². The van der Waals surface area contributed by atoms with Gasteiger partial charge in [-0.2, -0.15) is 0 Å². The zero-order chi connectivity index (χ0) is 14.6. The van der Waals surface area contributed by atoms with Gasteiger partial charge in [-0.05, 0) is 64.5 Å². The molecule has 1 rings (SSSR count). The van der Waals surface area contributed by atoms with Crippen molar-refractivity contribution in [3.05, 3.63) is 0 Å². The van der Waals surface area contributed by atoms with Crippen molar-refractivity contribution in [2.75, 3.05) is 14.1 Å². The molecule has 0 aromatic rings. The lowest BCUT2D eigenvalue weighted by Crippen LogP contribution is -2.54. The van der Waals surface area contributed by atoms with E-state index in [0.717, 1.165) is 17.8 Å². The van der Waals surface area contributed by atoms with Gasteiger partial charge in [0.2, 0.25) is 0 Å². The molecule has 0 spiro atoms. The zero-order valence-electron chi connectivity index (χ0n) is 14.2. The van der Waals surface area contributed by atoms with Gasteiger partial charge < -0.3 is 5.32 Å². The minimum Gasteiger partial charge on any atom is -0.315 e. The molecule has 1 aliphatic carbocycles. The lowest BCUT2D eigenvalue weighted by molar-refractivity contribution is 0.0723. The summed E-state index contributed by atoms with van der Waals surface area (Å²) in [4.78, 5) is 2.65. The molecule has 2 heteroatoms. The first-order chi connectivity index (χ1) is 8.86. The van der Waals surface area contributed by atoms with Crippen LogP contribution in [0.25, 0.3) is 0 Å². The second-order valence-electron chi connectivity index (χ2n) is 7.42. The fourth-order valence-corrected chi connectivity index (χ4v) is 3.75. The molecule has 0 aromatic heterocycles. The molecule has 0 aromatic carbocycles. The second-order valence-corrected chi connectivity index (χ2v) is 7.42. The summed E-state index contributed by atoms with van der Waals surface area (Å²) in [5, 5.41) is 3.56. The van der Waals surface area contributed by atoms with E-state index in [1.54, 1.807) is 0 Å². The number of nitrogens with one attached hydrogen (secondary N) is 1. The molecule has 19 heavy (non-hydrogen) atoms. The van der Waals surface area contributed by atoms with Gasteiger partial charge in [-0.1, -0.05) is 27.7 Å². The Hall–Kier alpha value is -0.0800.